The van der Waals surface area contributed by atoms with E-state index in [9.17, 15) is 0 Å². The Morgan fingerprint density at radius 2 is 1.47 bits per heavy atom. The molecular formula is C26H21N3S. The van der Waals surface area contributed by atoms with E-state index in [0.29, 0.717) is 0 Å². The van der Waals surface area contributed by atoms with Crippen LogP contribution in [0.3, 0.4) is 0 Å². The number of hydrogen-bond acceptors (Lipinski definition) is 4. The van der Waals surface area contributed by atoms with Crippen molar-refractivity contribution in [3.63, 3.8) is 0 Å². The zero-order valence-electron chi connectivity index (χ0n) is 16.7. The number of hydrogen-bond donors (Lipinski definition) is 1. The first-order valence-electron chi connectivity index (χ1n) is 10.1. The van der Waals surface area contributed by atoms with Crippen LogP contribution in [0.25, 0.3) is 32.5 Å². The van der Waals surface area contributed by atoms with E-state index in [0.717, 1.165) is 33.7 Å². The van der Waals surface area contributed by atoms with Gasteiger partial charge >= 0.3 is 0 Å². The van der Waals surface area contributed by atoms with Gasteiger partial charge in [0.25, 0.3) is 0 Å². The number of benzene rings is 3. The third kappa shape index (κ3) is 3.46. The monoisotopic (exact) mass is 407 g/mol. The molecule has 0 bridgehead atoms. The third-order valence-electron chi connectivity index (χ3n) is 5.32. The van der Waals surface area contributed by atoms with Gasteiger partial charge in [0.2, 0.25) is 0 Å². The molecule has 2 heterocycles. The van der Waals surface area contributed by atoms with Crippen molar-refractivity contribution in [2.45, 2.75) is 13.3 Å². The Bertz CT molecular complexity index is 1290. The van der Waals surface area contributed by atoms with E-state index < -0.39 is 0 Å². The first-order valence-corrected chi connectivity index (χ1v) is 10.9. The minimum Gasteiger partial charge on any atom is -0.339 e. The van der Waals surface area contributed by atoms with E-state index in [1.165, 1.54) is 22.3 Å². The minimum absolute atomic E-state index is 0.851. The number of aromatic nitrogens is 2. The van der Waals surface area contributed by atoms with Gasteiger partial charge in [0.15, 0.2) is 0 Å². The van der Waals surface area contributed by atoms with Crippen LogP contribution in [0.15, 0.2) is 90.6 Å². The summed E-state index contributed by atoms with van der Waals surface area (Å²) in [5.74, 6) is 0.851. The van der Waals surface area contributed by atoms with Crippen molar-refractivity contribution in [1.82, 2.24) is 9.97 Å². The van der Waals surface area contributed by atoms with Gasteiger partial charge in [-0.2, -0.15) is 0 Å². The number of thiophene rings is 1. The van der Waals surface area contributed by atoms with E-state index in [1.54, 1.807) is 17.7 Å². The molecule has 5 aromatic rings. The van der Waals surface area contributed by atoms with Gasteiger partial charge in [0.05, 0.1) is 5.39 Å². The lowest BCUT2D eigenvalue weighted by Crippen LogP contribution is -1.98. The molecular weight excluding hydrogens is 386 g/mol. The highest BCUT2D eigenvalue weighted by atomic mass is 32.1. The maximum Gasteiger partial charge on any atom is 0.143 e. The quantitative estimate of drug-likeness (QED) is 0.331. The Labute approximate surface area is 180 Å². The van der Waals surface area contributed by atoms with Crippen LogP contribution in [-0.4, -0.2) is 9.97 Å². The topological polar surface area (TPSA) is 37.8 Å². The maximum absolute atomic E-state index is 4.59. The van der Waals surface area contributed by atoms with Gasteiger partial charge in [0.1, 0.15) is 17.0 Å². The number of aryl methyl sites for hydroxylation is 1. The second-order valence-electron chi connectivity index (χ2n) is 7.13. The summed E-state index contributed by atoms with van der Waals surface area (Å²) in [5.41, 5.74) is 7.13. The van der Waals surface area contributed by atoms with E-state index in [4.69, 9.17) is 0 Å². The molecule has 3 nitrogen and oxygen atoms in total. The summed E-state index contributed by atoms with van der Waals surface area (Å²) in [6.45, 7) is 2.17. The Hall–Kier alpha value is -3.50. The number of anilines is 2. The van der Waals surface area contributed by atoms with Crippen molar-refractivity contribution in [2.75, 3.05) is 5.32 Å². The molecule has 146 valence electrons. The van der Waals surface area contributed by atoms with Crippen LogP contribution in [0.1, 0.15) is 12.5 Å². The molecule has 1 N–H and O–H groups in total. The SMILES string of the molecule is CCc1ccccc1Nc1ncnc2scc(-c3ccc(-c4ccccc4)cc3)c12. The smallest absolute Gasteiger partial charge is 0.143 e. The summed E-state index contributed by atoms with van der Waals surface area (Å²) in [5, 5.41) is 6.80. The molecule has 0 fully saturated rings. The molecule has 0 radical (unpaired) electrons. The van der Waals surface area contributed by atoms with Crippen LogP contribution in [0.4, 0.5) is 11.5 Å². The minimum atomic E-state index is 0.851. The molecule has 3 aromatic carbocycles. The second kappa shape index (κ2) is 8.09. The predicted molar refractivity (Wildman–Crippen MR) is 127 cm³/mol. The fourth-order valence-electron chi connectivity index (χ4n) is 3.73. The number of para-hydroxylation sites is 1. The molecule has 30 heavy (non-hydrogen) atoms. The average Bonchev–Trinajstić information content (AvgIpc) is 3.25. The van der Waals surface area contributed by atoms with Gasteiger partial charge in [-0.05, 0) is 34.7 Å². The highest BCUT2D eigenvalue weighted by molar-refractivity contribution is 7.17. The van der Waals surface area contributed by atoms with Gasteiger partial charge in [-0.1, -0.05) is 79.7 Å². The normalized spacial score (nSPS) is 11.0. The van der Waals surface area contributed by atoms with Crippen LogP contribution in [-0.2, 0) is 6.42 Å². The summed E-state index contributed by atoms with van der Waals surface area (Å²) >= 11 is 1.65. The summed E-state index contributed by atoms with van der Waals surface area (Å²) in [7, 11) is 0. The molecule has 0 spiro atoms. The second-order valence-corrected chi connectivity index (χ2v) is 7.99. The number of nitrogens with one attached hydrogen (secondary N) is 1. The fourth-order valence-corrected chi connectivity index (χ4v) is 4.65. The van der Waals surface area contributed by atoms with Crippen molar-refractivity contribution in [3.05, 3.63) is 96.1 Å². The lowest BCUT2D eigenvalue weighted by atomic mass is 10.0. The summed E-state index contributed by atoms with van der Waals surface area (Å²) in [6, 6.07) is 27.5. The predicted octanol–water partition coefficient (Wildman–Crippen LogP) is 7.33. The molecule has 0 amide bonds. The van der Waals surface area contributed by atoms with Crippen molar-refractivity contribution in [1.29, 1.82) is 0 Å². The van der Waals surface area contributed by atoms with Crippen LogP contribution < -0.4 is 5.32 Å². The third-order valence-corrected chi connectivity index (χ3v) is 6.21. The molecule has 0 aliphatic carbocycles. The number of rotatable bonds is 5. The van der Waals surface area contributed by atoms with E-state index in [1.807, 2.05) is 6.07 Å². The highest BCUT2D eigenvalue weighted by Gasteiger charge is 2.14. The molecule has 0 atom stereocenters. The zero-order valence-corrected chi connectivity index (χ0v) is 17.5. The Balaban J connectivity index is 1.56. The fraction of sp³-hybridized carbons (Fsp3) is 0.0769. The molecule has 0 aliphatic rings. The van der Waals surface area contributed by atoms with E-state index in [-0.39, 0.29) is 0 Å². The van der Waals surface area contributed by atoms with Crippen LogP contribution in [0.2, 0.25) is 0 Å². The molecule has 0 saturated heterocycles. The Morgan fingerprint density at radius 3 is 2.27 bits per heavy atom. The van der Waals surface area contributed by atoms with Crippen LogP contribution in [0, 0.1) is 0 Å². The van der Waals surface area contributed by atoms with Gasteiger partial charge < -0.3 is 5.32 Å². The summed E-state index contributed by atoms with van der Waals surface area (Å²) in [4.78, 5) is 10.1. The molecule has 2 aromatic heterocycles. The van der Waals surface area contributed by atoms with Gasteiger partial charge in [-0.15, -0.1) is 11.3 Å². The van der Waals surface area contributed by atoms with Crippen molar-refractivity contribution < 1.29 is 0 Å². The lowest BCUT2D eigenvalue weighted by molar-refractivity contribution is 1.14. The molecule has 5 rings (SSSR count). The van der Waals surface area contributed by atoms with E-state index >= 15 is 0 Å². The van der Waals surface area contributed by atoms with Gasteiger partial charge in [-0.25, -0.2) is 9.97 Å². The molecule has 0 saturated carbocycles. The Morgan fingerprint density at radius 1 is 0.767 bits per heavy atom. The van der Waals surface area contributed by atoms with Crippen LogP contribution in [0.5, 0.6) is 0 Å². The molecule has 0 unspecified atom stereocenters. The standard InChI is InChI=1S/C26H21N3S/c1-2-18-8-6-7-11-23(18)29-25-24-22(16-30-26(24)28-17-27-25)21-14-12-20(13-15-21)19-9-4-3-5-10-19/h3-17H,2H2,1H3,(H,27,28,29). The van der Waals surface area contributed by atoms with Crippen molar-refractivity contribution >= 4 is 33.1 Å². The maximum atomic E-state index is 4.59. The summed E-state index contributed by atoms with van der Waals surface area (Å²) < 4.78 is 0. The largest absolute Gasteiger partial charge is 0.339 e. The van der Waals surface area contributed by atoms with Gasteiger partial charge in [0, 0.05) is 16.6 Å². The van der Waals surface area contributed by atoms with Crippen molar-refractivity contribution in [2.24, 2.45) is 0 Å². The zero-order chi connectivity index (χ0) is 20.3. The lowest BCUT2D eigenvalue weighted by Gasteiger charge is -2.12. The number of fused-ring (bicyclic) bond motifs is 1. The molecule has 0 aliphatic heterocycles. The Kier molecular flexibility index (Phi) is 4.99. The van der Waals surface area contributed by atoms with Crippen LogP contribution >= 0.6 is 11.3 Å². The van der Waals surface area contributed by atoms with Crippen molar-refractivity contribution in [3.8, 4) is 22.3 Å². The van der Waals surface area contributed by atoms with Gasteiger partial charge in [-0.3, -0.25) is 0 Å². The van der Waals surface area contributed by atoms with E-state index in [2.05, 4.69) is 100 Å². The number of nitrogens with zero attached hydrogens (tertiary/aromatic N) is 2. The first kappa shape index (κ1) is 18.5. The first-order chi connectivity index (χ1) is 14.8. The highest BCUT2D eigenvalue weighted by Crippen LogP contribution is 2.38. The average molecular weight is 408 g/mol. The molecule has 4 heteroatoms. The summed E-state index contributed by atoms with van der Waals surface area (Å²) in [6.07, 6.45) is 2.60.